The van der Waals surface area contributed by atoms with Gasteiger partial charge in [0.15, 0.2) is 17.3 Å². The van der Waals surface area contributed by atoms with Gasteiger partial charge in [0.1, 0.15) is 11.8 Å². The van der Waals surface area contributed by atoms with Gasteiger partial charge < -0.3 is 29.7 Å². The summed E-state index contributed by atoms with van der Waals surface area (Å²) in [5.41, 5.74) is 4.26. The SMILES string of the molecule is COc1ccccc1NC(=O)C1=C(C)Nc2nc(-c3ccc(N(C)C)cc3)nn2C1c1cccc(OC)c1OC. The number of fused-ring (bicyclic) bond motifs is 1. The van der Waals surface area contributed by atoms with Crippen molar-refractivity contribution in [3.8, 4) is 28.6 Å². The number of carbonyl (C=O) groups excluding carboxylic acids is 1. The quantitative estimate of drug-likeness (QED) is 0.323. The van der Waals surface area contributed by atoms with Crippen molar-refractivity contribution in [2.75, 3.05) is 51.0 Å². The third-order valence-corrected chi connectivity index (χ3v) is 6.82. The van der Waals surface area contributed by atoms with Crippen molar-refractivity contribution in [1.29, 1.82) is 0 Å². The second-order valence-corrected chi connectivity index (χ2v) is 9.45. The Labute approximate surface area is 233 Å². The number of aromatic nitrogens is 3. The zero-order chi connectivity index (χ0) is 28.4. The Bertz CT molecular complexity index is 1580. The van der Waals surface area contributed by atoms with Crippen LogP contribution in [-0.4, -0.2) is 56.1 Å². The molecule has 1 aliphatic heterocycles. The lowest BCUT2D eigenvalue weighted by molar-refractivity contribution is -0.113. The Kier molecular flexibility index (Phi) is 7.33. The van der Waals surface area contributed by atoms with Gasteiger partial charge in [0.2, 0.25) is 5.95 Å². The van der Waals surface area contributed by atoms with E-state index >= 15 is 0 Å². The summed E-state index contributed by atoms with van der Waals surface area (Å²) in [5, 5.41) is 11.2. The molecular formula is C30H32N6O4. The van der Waals surface area contributed by atoms with E-state index in [9.17, 15) is 4.79 Å². The number of amides is 1. The predicted molar refractivity (Wildman–Crippen MR) is 155 cm³/mol. The van der Waals surface area contributed by atoms with E-state index in [2.05, 4.69) is 10.6 Å². The lowest BCUT2D eigenvalue weighted by Gasteiger charge is -2.30. The predicted octanol–water partition coefficient (Wildman–Crippen LogP) is 4.96. The molecule has 10 heteroatoms. The molecule has 0 aliphatic carbocycles. The van der Waals surface area contributed by atoms with Gasteiger partial charge in [-0.3, -0.25) is 4.79 Å². The molecule has 2 heterocycles. The second kappa shape index (κ2) is 11.0. The first kappa shape index (κ1) is 26.6. The highest BCUT2D eigenvalue weighted by atomic mass is 16.5. The Balaban J connectivity index is 1.64. The largest absolute Gasteiger partial charge is 0.495 e. The molecule has 4 aromatic rings. The molecule has 1 aliphatic rings. The third kappa shape index (κ3) is 4.79. The lowest BCUT2D eigenvalue weighted by Crippen LogP contribution is -2.32. The fraction of sp³-hybridized carbons (Fsp3) is 0.233. The van der Waals surface area contributed by atoms with Crippen molar-refractivity contribution in [2.24, 2.45) is 0 Å². The van der Waals surface area contributed by atoms with Crippen molar-refractivity contribution in [3.63, 3.8) is 0 Å². The summed E-state index contributed by atoms with van der Waals surface area (Å²) in [6.07, 6.45) is 0. The molecule has 1 amide bonds. The maximum Gasteiger partial charge on any atom is 0.255 e. The van der Waals surface area contributed by atoms with E-state index in [0.29, 0.717) is 51.5 Å². The molecule has 1 atom stereocenters. The fourth-order valence-electron chi connectivity index (χ4n) is 4.83. The molecule has 0 radical (unpaired) electrons. The smallest absolute Gasteiger partial charge is 0.255 e. The summed E-state index contributed by atoms with van der Waals surface area (Å²) in [4.78, 5) is 20.8. The number of methoxy groups -OCH3 is 3. The van der Waals surface area contributed by atoms with Crippen LogP contribution in [0.3, 0.4) is 0 Å². The number of anilines is 3. The first-order valence-corrected chi connectivity index (χ1v) is 12.7. The van der Waals surface area contributed by atoms with E-state index in [1.807, 2.05) is 80.5 Å². The molecule has 206 valence electrons. The minimum atomic E-state index is -0.668. The van der Waals surface area contributed by atoms with Crippen molar-refractivity contribution < 1.29 is 19.0 Å². The average molecular weight is 541 g/mol. The van der Waals surface area contributed by atoms with Crippen LogP contribution in [0.4, 0.5) is 17.3 Å². The number of nitrogens with one attached hydrogen (secondary N) is 2. The van der Waals surface area contributed by atoms with E-state index in [1.165, 1.54) is 0 Å². The van der Waals surface area contributed by atoms with Crippen molar-refractivity contribution >= 4 is 23.2 Å². The molecule has 0 saturated heterocycles. The van der Waals surface area contributed by atoms with E-state index in [0.717, 1.165) is 11.3 Å². The number of para-hydroxylation sites is 3. The molecule has 0 saturated carbocycles. The topological polar surface area (TPSA) is 103 Å². The van der Waals surface area contributed by atoms with E-state index in [1.54, 1.807) is 38.1 Å². The van der Waals surface area contributed by atoms with Gasteiger partial charge in [-0.2, -0.15) is 4.98 Å². The summed E-state index contributed by atoms with van der Waals surface area (Å²) in [6, 6.07) is 20.2. The van der Waals surface area contributed by atoms with Crippen LogP contribution in [0, 0.1) is 0 Å². The molecule has 5 rings (SSSR count). The minimum absolute atomic E-state index is 0.317. The highest BCUT2D eigenvalue weighted by Crippen LogP contribution is 2.43. The number of allylic oxidation sites excluding steroid dienone is 1. The number of hydrogen-bond donors (Lipinski definition) is 2. The number of nitrogens with zero attached hydrogens (tertiary/aromatic N) is 4. The van der Waals surface area contributed by atoms with Crippen molar-refractivity contribution in [1.82, 2.24) is 14.8 Å². The highest BCUT2D eigenvalue weighted by molar-refractivity contribution is 6.06. The Morgan fingerprint density at radius 3 is 2.30 bits per heavy atom. The van der Waals surface area contributed by atoms with Gasteiger partial charge in [0, 0.05) is 36.6 Å². The van der Waals surface area contributed by atoms with E-state index in [4.69, 9.17) is 24.3 Å². The van der Waals surface area contributed by atoms with E-state index in [-0.39, 0.29) is 5.91 Å². The van der Waals surface area contributed by atoms with Gasteiger partial charge in [-0.05, 0) is 49.4 Å². The van der Waals surface area contributed by atoms with Crippen LogP contribution in [0.25, 0.3) is 11.4 Å². The lowest BCUT2D eigenvalue weighted by atomic mass is 9.94. The van der Waals surface area contributed by atoms with E-state index < -0.39 is 6.04 Å². The molecule has 0 spiro atoms. The van der Waals surface area contributed by atoms with Crippen LogP contribution in [0.15, 0.2) is 78.0 Å². The Hall–Kier alpha value is -4.99. The highest BCUT2D eigenvalue weighted by Gasteiger charge is 2.37. The van der Waals surface area contributed by atoms with Gasteiger partial charge >= 0.3 is 0 Å². The molecule has 2 N–H and O–H groups in total. The first-order chi connectivity index (χ1) is 19.4. The fourth-order valence-corrected chi connectivity index (χ4v) is 4.83. The number of hydrogen-bond acceptors (Lipinski definition) is 8. The van der Waals surface area contributed by atoms with Crippen molar-refractivity contribution in [3.05, 3.63) is 83.6 Å². The summed E-state index contributed by atoms with van der Waals surface area (Å²) >= 11 is 0. The molecule has 1 aromatic heterocycles. The van der Waals surface area contributed by atoms with Crippen LogP contribution in [0.2, 0.25) is 0 Å². The monoisotopic (exact) mass is 540 g/mol. The third-order valence-electron chi connectivity index (χ3n) is 6.82. The van der Waals surface area contributed by atoms with Crippen LogP contribution >= 0.6 is 0 Å². The van der Waals surface area contributed by atoms with Gasteiger partial charge in [-0.25, -0.2) is 4.68 Å². The molecule has 3 aromatic carbocycles. The summed E-state index contributed by atoms with van der Waals surface area (Å²) in [7, 11) is 8.70. The van der Waals surface area contributed by atoms with Gasteiger partial charge in [-0.15, -0.1) is 5.10 Å². The Morgan fingerprint density at radius 2 is 1.62 bits per heavy atom. The number of ether oxygens (including phenoxy) is 3. The van der Waals surface area contributed by atoms with Gasteiger partial charge in [-0.1, -0.05) is 24.3 Å². The normalized spacial score (nSPS) is 14.2. The molecule has 0 bridgehead atoms. The number of carbonyl (C=O) groups is 1. The first-order valence-electron chi connectivity index (χ1n) is 12.7. The Morgan fingerprint density at radius 1 is 0.925 bits per heavy atom. The van der Waals surface area contributed by atoms with Crippen LogP contribution in [-0.2, 0) is 4.79 Å². The summed E-state index contributed by atoms with van der Waals surface area (Å²) < 4.78 is 18.6. The average Bonchev–Trinajstić information content (AvgIpc) is 3.39. The van der Waals surface area contributed by atoms with Crippen molar-refractivity contribution in [2.45, 2.75) is 13.0 Å². The van der Waals surface area contributed by atoms with Crippen LogP contribution < -0.4 is 29.7 Å². The molecule has 1 unspecified atom stereocenters. The standard InChI is InChI=1S/C30H32N6O4/c1-18-25(29(37)32-22-11-7-8-12-23(22)38-4)26(21-10-9-13-24(39-5)27(21)40-6)36-30(31-18)33-28(34-36)19-14-16-20(17-15-19)35(2)3/h7-17,26H,1-6H3,(H,32,37)(H,31,33,34). The summed E-state index contributed by atoms with van der Waals surface area (Å²) in [5.74, 6) is 2.32. The van der Waals surface area contributed by atoms with Gasteiger partial charge in [0.05, 0.1) is 32.6 Å². The number of rotatable bonds is 8. The molecule has 0 fully saturated rings. The minimum Gasteiger partial charge on any atom is -0.495 e. The molecule has 40 heavy (non-hydrogen) atoms. The maximum absolute atomic E-state index is 14.0. The van der Waals surface area contributed by atoms with Crippen LogP contribution in [0.1, 0.15) is 18.5 Å². The molecule has 10 nitrogen and oxygen atoms in total. The zero-order valence-corrected chi connectivity index (χ0v) is 23.4. The number of benzene rings is 3. The van der Waals surface area contributed by atoms with Gasteiger partial charge in [0.25, 0.3) is 5.91 Å². The summed E-state index contributed by atoms with van der Waals surface area (Å²) in [6.45, 7) is 1.85. The zero-order valence-electron chi connectivity index (χ0n) is 23.4. The maximum atomic E-state index is 14.0. The second-order valence-electron chi connectivity index (χ2n) is 9.45. The molecular weight excluding hydrogens is 508 g/mol. The van der Waals surface area contributed by atoms with Crippen LogP contribution in [0.5, 0.6) is 17.2 Å².